The zero-order valence-corrected chi connectivity index (χ0v) is 9.52. The van der Waals surface area contributed by atoms with Crippen molar-refractivity contribution in [3.8, 4) is 0 Å². The topological polar surface area (TPSA) is 29.3 Å². The van der Waals surface area contributed by atoms with E-state index in [0.717, 1.165) is 13.1 Å². The summed E-state index contributed by atoms with van der Waals surface area (Å²) in [7, 11) is 2.20. The highest BCUT2D eigenvalue weighted by molar-refractivity contribution is 7.09. The van der Waals surface area contributed by atoms with Gasteiger partial charge in [-0.3, -0.25) is 4.90 Å². The van der Waals surface area contributed by atoms with Crippen LogP contribution in [0.4, 0.5) is 0 Å². The summed E-state index contributed by atoms with van der Waals surface area (Å²) in [6, 6.07) is 4.31. The molecule has 2 N–H and O–H groups in total. The Balaban J connectivity index is 1.98. The van der Waals surface area contributed by atoms with E-state index in [-0.39, 0.29) is 0 Å². The standard InChI is InChI=1S/C11H18N2S/c1-13(8-10-4-2-7-14-10)11(9-12)5-3-6-11/h2,4,7H,3,5-6,8-9,12H2,1H3. The Hall–Kier alpha value is -0.380. The third kappa shape index (κ3) is 1.72. The lowest BCUT2D eigenvalue weighted by Crippen LogP contribution is -2.56. The van der Waals surface area contributed by atoms with E-state index in [1.807, 2.05) is 11.3 Å². The normalized spacial score (nSPS) is 19.6. The van der Waals surface area contributed by atoms with Crippen molar-refractivity contribution in [3.05, 3.63) is 22.4 Å². The van der Waals surface area contributed by atoms with Gasteiger partial charge in [0.15, 0.2) is 0 Å². The van der Waals surface area contributed by atoms with Gasteiger partial charge >= 0.3 is 0 Å². The third-order valence-electron chi connectivity index (χ3n) is 3.45. The lowest BCUT2D eigenvalue weighted by atomic mass is 9.75. The second kappa shape index (κ2) is 4.01. The van der Waals surface area contributed by atoms with Crippen molar-refractivity contribution in [1.82, 2.24) is 4.90 Å². The number of hydrogen-bond acceptors (Lipinski definition) is 3. The summed E-state index contributed by atoms with van der Waals surface area (Å²) in [5, 5.41) is 2.14. The lowest BCUT2D eigenvalue weighted by Gasteiger charge is -2.48. The van der Waals surface area contributed by atoms with Crippen LogP contribution in [0.1, 0.15) is 24.1 Å². The van der Waals surface area contributed by atoms with E-state index in [1.165, 1.54) is 24.1 Å². The van der Waals surface area contributed by atoms with Gasteiger partial charge in [0.05, 0.1) is 0 Å². The van der Waals surface area contributed by atoms with E-state index >= 15 is 0 Å². The summed E-state index contributed by atoms with van der Waals surface area (Å²) in [5.74, 6) is 0. The molecule has 1 fully saturated rings. The number of thiophene rings is 1. The number of nitrogens with zero attached hydrogens (tertiary/aromatic N) is 1. The number of rotatable bonds is 4. The molecule has 1 aromatic heterocycles. The highest BCUT2D eigenvalue weighted by Gasteiger charge is 2.39. The first-order valence-corrected chi connectivity index (χ1v) is 6.08. The van der Waals surface area contributed by atoms with Crippen molar-refractivity contribution in [1.29, 1.82) is 0 Å². The van der Waals surface area contributed by atoms with E-state index in [9.17, 15) is 0 Å². The van der Waals surface area contributed by atoms with Crippen molar-refractivity contribution in [2.24, 2.45) is 5.73 Å². The van der Waals surface area contributed by atoms with Crippen LogP contribution in [0.2, 0.25) is 0 Å². The van der Waals surface area contributed by atoms with Gasteiger partial charge in [-0.15, -0.1) is 11.3 Å². The van der Waals surface area contributed by atoms with Gasteiger partial charge in [-0.1, -0.05) is 6.07 Å². The summed E-state index contributed by atoms with van der Waals surface area (Å²) in [5.41, 5.74) is 6.17. The fourth-order valence-corrected chi connectivity index (χ4v) is 2.89. The van der Waals surface area contributed by atoms with Crippen LogP contribution in [0.25, 0.3) is 0 Å². The minimum Gasteiger partial charge on any atom is -0.329 e. The number of nitrogens with two attached hydrogens (primary N) is 1. The van der Waals surface area contributed by atoms with Crippen molar-refractivity contribution in [2.75, 3.05) is 13.6 Å². The molecule has 1 saturated carbocycles. The molecule has 0 bridgehead atoms. The molecule has 78 valence electrons. The minimum absolute atomic E-state index is 0.310. The molecule has 0 saturated heterocycles. The van der Waals surface area contributed by atoms with Gasteiger partial charge in [0.1, 0.15) is 0 Å². The molecule has 1 aliphatic rings. The highest BCUT2D eigenvalue weighted by atomic mass is 32.1. The van der Waals surface area contributed by atoms with Crippen molar-refractivity contribution in [3.63, 3.8) is 0 Å². The smallest absolute Gasteiger partial charge is 0.0332 e. The summed E-state index contributed by atoms with van der Waals surface area (Å²) < 4.78 is 0. The van der Waals surface area contributed by atoms with Crippen molar-refractivity contribution in [2.45, 2.75) is 31.3 Å². The second-order valence-electron chi connectivity index (χ2n) is 4.22. The lowest BCUT2D eigenvalue weighted by molar-refractivity contribution is 0.0406. The Bertz CT molecular complexity index is 272. The summed E-state index contributed by atoms with van der Waals surface area (Å²) in [6.07, 6.45) is 3.88. The molecule has 3 heteroatoms. The Morgan fingerprint density at radius 3 is 2.79 bits per heavy atom. The van der Waals surface area contributed by atoms with Crippen LogP contribution in [-0.4, -0.2) is 24.0 Å². The van der Waals surface area contributed by atoms with Crippen LogP contribution >= 0.6 is 11.3 Å². The van der Waals surface area contributed by atoms with Gasteiger partial charge in [-0.05, 0) is 37.8 Å². The van der Waals surface area contributed by atoms with Crippen LogP contribution in [-0.2, 0) is 6.54 Å². The molecule has 0 aromatic carbocycles. The number of likely N-dealkylation sites (N-methyl/N-ethyl adjacent to an activating group) is 1. The van der Waals surface area contributed by atoms with E-state index in [1.54, 1.807) is 0 Å². The van der Waals surface area contributed by atoms with Crippen LogP contribution in [0, 0.1) is 0 Å². The van der Waals surface area contributed by atoms with E-state index in [4.69, 9.17) is 5.73 Å². The molecular weight excluding hydrogens is 192 g/mol. The molecule has 0 spiro atoms. The fourth-order valence-electron chi connectivity index (χ4n) is 2.13. The molecule has 2 nitrogen and oxygen atoms in total. The van der Waals surface area contributed by atoms with E-state index in [2.05, 4.69) is 29.5 Å². The molecule has 1 heterocycles. The first-order chi connectivity index (χ1) is 6.77. The van der Waals surface area contributed by atoms with Crippen LogP contribution < -0.4 is 5.73 Å². The quantitative estimate of drug-likeness (QED) is 0.824. The Morgan fingerprint density at radius 1 is 1.57 bits per heavy atom. The molecule has 0 radical (unpaired) electrons. The van der Waals surface area contributed by atoms with Crippen LogP contribution in [0.3, 0.4) is 0 Å². The van der Waals surface area contributed by atoms with Gasteiger partial charge in [-0.25, -0.2) is 0 Å². The average Bonchev–Trinajstić information content (AvgIpc) is 2.55. The largest absolute Gasteiger partial charge is 0.329 e. The fraction of sp³-hybridized carbons (Fsp3) is 0.636. The molecule has 1 aliphatic carbocycles. The molecule has 0 aliphatic heterocycles. The maximum absolute atomic E-state index is 5.86. The maximum Gasteiger partial charge on any atom is 0.0332 e. The van der Waals surface area contributed by atoms with Gasteiger partial charge in [0, 0.05) is 23.5 Å². The van der Waals surface area contributed by atoms with Crippen LogP contribution in [0.5, 0.6) is 0 Å². The summed E-state index contributed by atoms with van der Waals surface area (Å²) >= 11 is 1.83. The predicted octanol–water partition coefficient (Wildman–Crippen LogP) is 2.06. The maximum atomic E-state index is 5.86. The Labute approximate surface area is 89.7 Å². The van der Waals surface area contributed by atoms with Gasteiger partial charge in [-0.2, -0.15) is 0 Å². The molecule has 1 aromatic rings. The SMILES string of the molecule is CN(Cc1cccs1)C1(CN)CCC1. The zero-order chi connectivity index (χ0) is 10.0. The third-order valence-corrected chi connectivity index (χ3v) is 4.31. The van der Waals surface area contributed by atoms with Crippen LogP contribution in [0.15, 0.2) is 17.5 Å². The van der Waals surface area contributed by atoms with E-state index in [0.29, 0.717) is 5.54 Å². The molecule has 0 amide bonds. The van der Waals surface area contributed by atoms with Gasteiger partial charge in [0.2, 0.25) is 0 Å². The van der Waals surface area contributed by atoms with Gasteiger partial charge in [0.25, 0.3) is 0 Å². The van der Waals surface area contributed by atoms with E-state index < -0.39 is 0 Å². The molecule has 0 unspecified atom stereocenters. The molecule has 0 atom stereocenters. The summed E-state index contributed by atoms with van der Waals surface area (Å²) in [4.78, 5) is 3.87. The highest BCUT2D eigenvalue weighted by Crippen LogP contribution is 2.36. The van der Waals surface area contributed by atoms with Crippen molar-refractivity contribution < 1.29 is 0 Å². The molecule has 2 rings (SSSR count). The summed E-state index contributed by atoms with van der Waals surface area (Å²) in [6.45, 7) is 1.85. The second-order valence-corrected chi connectivity index (χ2v) is 5.25. The van der Waals surface area contributed by atoms with Crippen molar-refractivity contribution >= 4 is 11.3 Å². The average molecular weight is 210 g/mol. The minimum atomic E-state index is 0.310. The Morgan fingerprint density at radius 2 is 2.36 bits per heavy atom. The Kier molecular flexibility index (Phi) is 2.91. The van der Waals surface area contributed by atoms with Gasteiger partial charge < -0.3 is 5.73 Å². The predicted molar refractivity (Wildman–Crippen MR) is 61.4 cm³/mol. The monoisotopic (exact) mass is 210 g/mol. The number of hydrogen-bond donors (Lipinski definition) is 1. The first-order valence-electron chi connectivity index (χ1n) is 5.20. The first kappa shape index (κ1) is 10.1. The molecule has 14 heavy (non-hydrogen) atoms. The zero-order valence-electron chi connectivity index (χ0n) is 8.70. The molecular formula is C11H18N2S.